The molecule has 258 valence electrons. The van der Waals surface area contributed by atoms with E-state index in [4.69, 9.17) is 5.73 Å². The van der Waals surface area contributed by atoms with Crippen molar-refractivity contribution in [1.82, 2.24) is 21.3 Å². The van der Waals surface area contributed by atoms with Crippen LogP contribution in [0.3, 0.4) is 0 Å². The Morgan fingerprint density at radius 2 is 1.34 bits per heavy atom. The van der Waals surface area contributed by atoms with E-state index in [1.54, 1.807) is 77.1 Å². The van der Waals surface area contributed by atoms with Crippen LogP contribution in [0.2, 0.25) is 0 Å². The van der Waals surface area contributed by atoms with Gasteiger partial charge >= 0.3 is 5.97 Å². The Kier molecular flexibility index (Phi) is 13.7. The van der Waals surface area contributed by atoms with Crippen LogP contribution in [0.25, 0.3) is 0 Å². The molecule has 0 spiro atoms. The number of carbonyl (C=O) groups excluding carboxylic acids is 4. The molecule has 2 aromatic rings. The summed E-state index contributed by atoms with van der Waals surface area (Å²) in [6, 6.07) is 7.19. The van der Waals surface area contributed by atoms with Crippen molar-refractivity contribution in [1.29, 1.82) is 0 Å². The first-order chi connectivity index (χ1) is 21.6. The van der Waals surface area contributed by atoms with E-state index in [-0.39, 0.29) is 12.2 Å². The number of carboxylic acid groups (broad SMARTS) is 1. The van der Waals surface area contributed by atoms with Crippen molar-refractivity contribution in [2.24, 2.45) is 5.73 Å². The molecule has 8 N–H and O–H groups in total. The molecule has 47 heavy (non-hydrogen) atoms. The minimum absolute atomic E-state index is 0.0457. The number of rotatable bonds is 15. The number of hydrogen-bond donors (Lipinski definition) is 9. The molecule has 4 amide bonds. The Morgan fingerprint density at radius 1 is 0.830 bits per heavy atom. The number of hydrogen-bond acceptors (Lipinski definition) is 9. The van der Waals surface area contributed by atoms with E-state index in [1.807, 2.05) is 0 Å². The number of phenolic OH excluding ortho intramolecular Hbond substituents is 1. The van der Waals surface area contributed by atoms with Gasteiger partial charge in [-0.15, -0.1) is 0 Å². The highest BCUT2D eigenvalue weighted by Crippen LogP contribution is 2.29. The van der Waals surface area contributed by atoms with Gasteiger partial charge in [-0.3, -0.25) is 19.2 Å². The summed E-state index contributed by atoms with van der Waals surface area (Å²) in [5.74, 6) is -4.45. The smallest absolute Gasteiger partial charge is 0.327 e. The van der Waals surface area contributed by atoms with Crippen molar-refractivity contribution in [3.8, 4) is 5.75 Å². The third kappa shape index (κ3) is 11.5. The first-order valence-electron chi connectivity index (χ1n) is 15.1. The van der Waals surface area contributed by atoms with Crippen LogP contribution < -0.4 is 27.0 Å². The summed E-state index contributed by atoms with van der Waals surface area (Å²) in [6.45, 7) is 11.1. The lowest BCUT2D eigenvalue weighted by molar-refractivity contribution is -0.143. The van der Waals surface area contributed by atoms with E-state index in [0.29, 0.717) is 5.56 Å². The van der Waals surface area contributed by atoms with Crippen molar-refractivity contribution < 1.29 is 34.2 Å². The molecular formula is C33H47N5O7S2. The minimum Gasteiger partial charge on any atom is -0.508 e. The molecule has 0 unspecified atom stereocenters. The number of benzene rings is 2. The van der Waals surface area contributed by atoms with Gasteiger partial charge in [-0.1, -0.05) is 37.3 Å². The summed E-state index contributed by atoms with van der Waals surface area (Å²) >= 11 is 8.79. The SMILES string of the molecule is Cc1cc(O)cc(C)c1[C@H](C)[C@@H](N)C(=O)N[C@H](C(=O)NCC(=O)N[C@@H](Cc1ccccc1)C(=O)N[C@H](C(=O)O)C(C)(C)S)C(C)(C)S. The topological polar surface area (TPSA) is 200 Å². The summed E-state index contributed by atoms with van der Waals surface area (Å²) < 4.78 is -2.19. The van der Waals surface area contributed by atoms with Crippen LogP contribution in [0.1, 0.15) is 62.8 Å². The molecule has 5 atom stereocenters. The Balaban J connectivity index is 2.16. The summed E-state index contributed by atoms with van der Waals surface area (Å²) in [5.41, 5.74) is 9.37. The number of aryl methyl sites for hydroxylation is 2. The molecule has 0 bridgehead atoms. The quantitative estimate of drug-likeness (QED) is 0.126. The van der Waals surface area contributed by atoms with Crippen LogP contribution in [0, 0.1) is 13.8 Å². The fourth-order valence-electron chi connectivity index (χ4n) is 5.24. The molecule has 0 saturated heterocycles. The van der Waals surface area contributed by atoms with Crippen molar-refractivity contribution in [2.75, 3.05) is 6.54 Å². The normalized spacial score (nSPS) is 14.9. The van der Waals surface area contributed by atoms with Crippen molar-refractivity contribution in [3.63, 3.8) is 0 Å². The number of nitrogens with two attached hydrogens (primary N) is 1. The van der Waals surface area contributed by atoms with E-state index >= 15 is 0 Å². The van der Waals surface area contributed by atoms with Gasteiger partial charge in [0.2, 0.25) is 23.6 Å². The number of nitrogens with one attached hydrogen (secondary N) is 4. The maximum absolute atomic E-state index is 13.3. The largest absolute Gasteiger partial charge is 0.508 e. The first kappa shape index (κ1) is 39.4. The molecule has 0 radical (unpaired) electrons. The highest BCUT2D eigenvalue weighted by Gasteiger charge is 2.38. The highest BCUT2D eigenvalue weighted by molar-refractivity contribution is 7.82. The molecule has 0 aliphatic rings. The second-order valence-corrected chi connectivity index (χ2v) is 15.2. The van der Waals surface area contributed by atoms with Gasteiger partial charge in [0.1, 0.15) is 23.9 Å². The summed E-state index contributed by atoms with van der Waals surface area (Å²) in [5, 5.41) is 29.7. The van der Waals surface area contributed by atoms with Gasteiger partial charge in [-0.05, 0) is 75.9 Å². The number of carbonyl (C=O) groups is 5. The van der Waals surface area contributed by atoms with E-state index < -0.39 is 75.7 Å². The standard InChI is InChI=1S/C33H47N5O7S2/c1-17-13-21(39)14-18(2)24(17)19(3)25(34)29(42)37-26(32(4,5)46)30(43)35-16-23(40)36-22(15-20-11-9-8-10-12-20)28(41)38-27(31(44)45)33(6,7)47/h8-14,19,22,25-27,39,46-47H,15-16,34H2,1-7H3,(H,35,43)(H,36,40)(H,37,42)(H,38,41)(H,44,45)/t19-,22-,25+,26+,27+/m0/s1. The van der Waals surface area contributed by atoms with Gasteiger partial charge in [0.05, 0.1) is 12.6 Å². The zero-order valence-electron chi connectivity index (χ0n) is 27.7. The zero-order chi connectivity index (χ0) is 35.9. The maximum Gasteiger partial charge on any atom is 0.327 e. The second kappa shape index (κ2) is 16.4. The third-order valence-electron chi connectivity index (χ3n) is 7.73. The third-order valence-corrected chi connectivity index (χ3v) is 8.24. The molecule has 0 fully saturated rings. The molecule has 0 heterocycles. The van der Waals surface area contributed by atoms with Crippen LogP contribution in [-0.2, 0) is 30.4 Å². The van der Waals surface area contributed by atoms with Crippen molar-refractivity contribution >= 4 is 54.9 Å². The fraction of sp³-hybridized carbons (Fsp3) is 0.485. The van der Waals surface area contributed by atoms with Crippen molar-refractivity contribution in [3.05, 3.63) is 64.7 Å². The average molecular weight is 690 g/mol. The monoisotopic (exact) mass is 689 g/mol. The van der Waals surface area contributed by atoms with Gasteiger partial charge in [0.25, 0.3) is 0 Å². The number of carboxylic acids is 1. The molecule has 0 aromatic heterocycles. The average Bonchev–Trinajstić information content (AvgIpc) is 2.94. The predicted molar refractivity (Wildman–Crippen MR) is 187 cm³/mol. The molecule has 0 aliphatic heterocycles. The molecule has 2 aromatic carbocycles. The number of thiol groups is 2. The van der Waals surface area contributed by atoms with Crippen LogP contribution in [0.4, 0.5) is 0 Å². The molecule has 14 heteroatoms. The lowest BCUT2D eigenvalue weighted by atomic mass is 9.86. The van der Waals surface area contributed by atoms with Crippen LogP contribution >= 0.6 is 25.3 Å². The molecular weight excluding hydrogens is 643 g/mol. The van der Waals surface area contributed by atoms with E-state index in [9.17, 15) is 34.2 Å². The minimum atomic E-state index is -1.36. The summed E-state index contributed by atoms with van der Waals surface area (Å²) in [6.07, 6.45) is 0.0457. The summed E-state index contributed by atoms with van der Waals surface area (Å²) in [4.78, 5) is 64.7. The maximum atomic E-state index is 13.3. The molecule has 12 nitrogen and oxygen atoms in total. The first-order valence-corrected chi connectivity index (χ1v) is 16.0. The van der Waals surface area contributed by atoms with Crippen LogP contribution in [0.5, 0.6) is 5.75 Å². The number of phenols is 1. The Labute approximate surface area is 286 Å². The summed E-state index contributed by atoms with van der Waals surface area (Å²) in [7, 11) is 0. The molecule has 0 aliphatic carbocycles. The fourth-order valence-corrected chi connectivity index (χ4v) is 5.59. The number of aliphatic carboxylic acids is 1. The predicted octanol–water partition coefficient (Wildman–Crippen LogP) is 1.75. The van der Waals surface area contributed by atoms with Crippen LogP contribution in [0.15, 0.2) is 42.5 Å². The van der Waals surface area contributed by atoms with E-state index in [1.165, 1.54) is 13.8 Å². The Bertz CT molecular complexity index is 1430. The van der Waals surface area contributed by atoms with Crippen molar-refractivity contribution in [2.45, 2.75) is 94.5 Å². The van der Waals surface area contributed by atoms with E-state index in [2.05, 4.69) is 46.5 Å². The number of aromatic hydroxyl groups is 1. The highest BCUT2D eigenvalue weighted by atomic mass is 32.1. The lowest BCUT2D eigenvalue weighted by Crippen LogP contribution is -2.60. The Morgan fingerprint density at radius 3 is 1.83 bits per heavy atom. The number of amides is 4. The van der Waals surface area contributed by atoms with Gasteiger partial charge in [-0.25, -0.2) is 4.79 Å². The van der Waals surface area contributed by atoms with Gasteiger partial charge in [-0.2, -0.15) is 25.3 Å². The van der Waals surface area contributed by atoms with Gasteiger partial charge in [0.15, 0.2) is 0 Å². The Hall–Kier alpha value is -3.75. The van der Waals surface area contributed by atoms with Crippen LogP contribution in [-0.4, -0.2) is 80.0 Å². The van der Waals surface area contributed by atoms with Gasteiger partial charge < -0.3 is 37.2 Å². The lowest BCUT2D eigenvalue weighted by Gasteiger charge is -2.32. The molecule has 0 saturated carbocycles. The zero-order valence-corrected chi connectivity index (χ0v) is 29.5. The molecule has 2 rings (SSSR count). The van der Waals surface area contributed by atoms with E-state index in [0.717, 1.165) is 16.7 Å². The second-order valence-electron chi connectivity index (χ2n) is 12.9. The van der Waals surface area contributed by atoms with Gasteiger partial charge in [0, 0.05) is 21.8 Å².